The number of hydrogen-bond donors (Lipinski definition) is 1. The number of nitrogens with one attached hydrogen (secondary N) is 1. The summed E-state index contributed by atoms with van der Waals surface area (Å²) in [4.78, 5) is 0. The second-order valence-corrected chi connectivity index (χ2v) is 5.57. The van der Waals surface area contributed by atoms with E-state index in [0.29, 0.717) is 11.6 Å². The second kappa shape index (κ2) is 4.89. The lowest BCUT2D eigenvalue weighted by atomic mass is 9.87. The molecule has 0 heterocycles. The van der Waals surface area contributed by atoms with Gasteiger partial charge in [-0.3, -0.25) is 0 Å². The van der Waals surface area contributed by atoms with Crippen molar-refractivity contribution in [2.45, 2.75) is 39.2 Å². The molecule has 18 heavy (non-hydrogen) atoms. The topological polar surface area (TPSA) is 45.0 Å². The van der Waals surface area contributed by atoms with Gasteiger partial charge < -0.3 is 10.1 Å². The number of methoxy groups -OCH3 is 1. The molecule has 0 aliphatic heterocycles. The standard InChI is InChI=1S/C15H20N2O/c1-15(2)9-5-8-13(15)17-14-11(10-16)6-4-7-12(14)18-3/h4,6-7,13,17H,5,8-9H2,1-3H3. The van der Waals surface area contributed by atoms with E-state index in [0.717, 1.165) is 17.9 Å². The first-order valence-electron chi connectivity index (χ1n) is 6.42. The van der Waals surface area contributed by atoms with Gasteiger partial charge in [-0.05, 0) is 30.4 Å². The molecule has 0 bridgehead atoms. The van der Waals surface area contributed by atoms with Crippen molar-refractivity contribution in [1.82, 2.24) is 0 Å². The van der Waals surface area contributed by atoms with E-state index in [1.807, 2.05) is 18.2 Å². The molecule has 1 unspecified atom stereocenters. The predicted molar refractivity (Wildman–Crippen MR) is 72.8 cm³/mol. The highest BCUT2D eigenvalue weighted by Gasteiger charge is 2.35. The molecule has 0 spiro atoms. The molecule has 3 heteroatoms. The van der Waals surface area contributed by atoms with E-state index in [9.17, 15) is 5.26 Å². The molecule has 1 fully saturated rings. The lowest BCUT2D eigenvalue weighted by Gasteiger charge is -2.29. The Morgan fingerprint density at radius 2 is 2.22 bits per heavy atom. The molecule has 1 aliphatic carbocycles. The Kier molecular flexibility index (Phi) is 3.47. The van der Waals surface area contributed by atoms with E-state index in [1.165, 1.54) is 12.8 Å². The summed E-state index contributed by atoms with van der Waals surface area (Å²) >= 11 is 0. The third kappa shape index (κ3) is 2.28. The van der Waals surface area contributed by atoms with Crippen molar-refractivity contribution in [2.24, 2.45) is 5.41 Å². The highest BCUT2D eigenvalue weighted by atomic mass is 16.5. The van der Waals surface area contributed by atoms with Crippen molar-refractivity contribution in [3.05, 3.63) is 23.8 Å². The molecule has 1 atom stereocenters. The van der Waals surface area contributed by atoms with Gasteiger partial charge in [0.1, 0.15) is 11.8 Å². The van der Waals surface area contributed by atoms with Crippen LogP contribution >= 0.6 is 0 Å². The second-order valence-electron chi connectivity index (χ2n) is 5.57. The maximum Gasteiger partial charge on any atom is 0.143 e. The van der Waals surface area contributed by atoms with Gasteiger partial charge in [0, 0.05) is 6.04 Å². The molecule has 96 valence electrons. The number of hydrogen-bond acceptors (Lipinski definition) is 3. The summed E-state index contributed by atoms with van der Waals surface area (Å²) in [5.41, 5.74) is 1.76. The van der Waals surface area contributed by atoms with Gasteiger partial charge in [0.2, 0.25) is 0 Å². The van der Waals surface area contributed by atoms with Crippen molar-refractivity contribution >= 4 is 5.69 Å². The molecular formula is C15H20N2O. The fourth-order valence-electron chi connectivity index (χ4n) is 2.71. The minimum atomic E-state index is 0.271. The third-order valence-corrected chi connectivity index (χ3v) is 3.94. The van der Waals surface area contributed by atoms with E-state index in [-0.39, 0.29) is 5.41 Å². The van der Waals surface area contributed by atoms with Crippen LogP contribution in [-0.2, 0) is 0 Å². The molecular weight excluding hydrogens is 224 g/mol. The number of ether oxygens (including phenoxy) is 1. The monoisotopic (exact) mass is 244 g/mol. The van der Waals surface area contributed by atoms with Gasteiger partial charge in [0.05, 0.1) is 18.4 Å². The van der Waals surface area contributed by atoms with E-state index >= 15 is 0 Å². The Hall–Kier alpha value is -1.69. The van der Waals surface area contributed by atoms with Crippen LogP contribution in [0.5, 0.6) is 5.75 Å². The van der Waals surface area contributed by atoms with Crippen LogP contribution in [0.2, 0.25) is 0 Å². The quantitative estimate of drug-likeness (QED) is 0.884. The molecule has 1 aromatic carbocycles. The fourth-order valence-corrected chi connectivity index (χ4v) is 2.71. The van der Waals surface area contributed by atoms with Gasteiger partial charge in [-0.15, -0.1) is 0 Å². The summed E-state index contributed by atoms with van der Waals surface area (Å²) in [5.74, 6) is 0.747. The smallest absolute Gasteiger partial charge is 0.143 e. The maximum atomic E-state index is 9.20. The lowest BCUT2D eigenvalue weighted by molar-refractivity contribution is 0.348. The minimum absolute atomic E-state index is 0.271. The maximum absolute atomic E-state index is 9.20. The summed E-state index contributed by atoms with van der Waals surface area (Å²) in [6, 6.07) is 8.20. The van der Waals surface area contributed by atoms with Gasteiger partial charge in [0.15, 0.2) is 0 Å². The summed E-state index contributed by atoms with van der Waals surface area (Å²) in [7, 11) is 1.64. The van der Waals surface area contributed by atoms with Crippen LogP contribution in [0.1, 0.15) is 38.7 Å². The number of rotatable bonds is 3. The van der Waals surface area contributed by atoms with Crippen LogP contribution in [0, 0.1) is 16.7 Å². The van der Waals surface area contributed by atoms with Crippen LogP contribution in [0.25, 0.3) is 0 Å². The largest absolute Gasteiger partial charge is 0.495 e. The summed E-state index contributed by atoms with van der Waals surface area (Å²) < 4.78 is 5.35. The highest BCUT2D eigenvalue weighted by Crippen LogP contribution is 2.41. The molecule has 0 radical (unpaired) electrons. The number of nitriles is 1. The Morgan fingerprint density at radius 3 is 2.78 bits per heavy atom. The number of benzene rings is 1. The molecule has 0 amide bonds. The van der Waals surface area contributed by atoms with Crippen LogP contribution in [0.4, 0.5) is 5.69 Å². The minimum Gasteiger partial charge on any atom is -0.495 e. The third-order valence-electron chi connectivity index (χ3n) is 3.94. The summed E-state index contributed by atoms with van der Waals surface area (Å²) in [6.45, 7) is 4.55. The van der Waals surface area contributed by atoms with Gasteiger partial charge in [-0.1, -0.05) is 26.3 Å². The number of para-hydroxylation sites is 1. The summed E-state index contributed by atoms with van der Waals surface area (Å²) in [6.07, 6.45) is 3.61. The number of nitrogens with zero attached hydrogens (tertiary/aromatic N) is 1. The van der Waals surface area contributed by atoms with E-state index < -0.39 is 0 Å². The van der Waals surface area contributed by atoms with E-state index in [4.69, 9.17) is 4.74 Å². The SMILES string of the molecule is COc1cccc(C#N)c1NC1CCCC1(C)C. The lowest BCUT2D eigenvalue weighted by Crippen LogP contribution is -2.31. The Balaban J connectivity index is 2.31. The molecule has 1 aromatic rings. The molecule has 2 rings (SSSR count). The van der Waals surface area contributed by atoms with Gasteiger partial charge in [-0.2, -0.15) is 5.26 Å². The van der Waals surface area contributed by atoms with Crippen molar-refractivity contribution < 1.29 is 4.74 Å². The first-order chi connectivity index (χ1) is 8.58. The molecule has 0 saturated heterocycles. The molecule has 1 N–H and O–H groups in total. The number of anilines is 1. The summed E-state index contributed by atoms with van der Waals surface area (Å²) in [5, 5.41) is 12.7. The van der Waals surface area contributed by atoms with Gasteiger partial charge in [0.25, 0.3) is 0 Å². The first-order valence-corrected chi connectivity index (χ1v) is 6.42. The highest BCUT2D eigenvalue weighted by molar-refractivity contribution is 5.67. The van der Waals surface area contributed by atoms with Crippen LogP contribution < -0.4 is 10.1 Å². The van der Waals surface area contributed by atoms with Crippen LogP contribution in [-0.4, -0.2) is 13.2 Å². The van der Waals surface area contributed by atoms with E-state index in [1.54, 1.807) is 7.11 Å². The Morgan fingerprint density at radius 1 is 1.44 bits per heavy atom. The molecule has 1 aliphatic rings. The predicted octanol–water partition coefficient (Wildman–Crippen LogP) is 3.56. The van der Waals surface area contributed by atoms with Crippen LogP contribution in [0.3, 0.4) is 0 Å². The average molecular weight is 244 g/mol. The van der Waals surface area contributed by atoms with Crippen molar-refractivity contribution in [3.8, 4) is 11.8 Å². The molecule has 3 nitrogen and oxygen atoms in total. The van der Waals surface area contributed by atoms with Crippen molar-refractivity contribution in [2.75, 3.05) is 12.4 Å². The Labute approximate surface area is 109 Å². The average Bonchev–Trinajstić information content (AvgIpc) is 2.69. The fraction of sp³-hybridized carbons (Fsp3) is 0.533. The van der Waals surface area contributed by atoms with Gasteiger partial charge >= 0.3 is 0 Å². The zero-order valence-electron chi connectivity index (χ0n) is 11.3. The molecule has 0 aromatic heterocycles. The van der Waals surface area contributed by atoms with Crippen molar-refractivity contribution in [3.63, 3.8) is 0 Å². The van der Waals surface area contributed by atoms with E-state index in [2.05, 4.69) is 25.2 Å². The Bertz CT molecular complexity index is 474. The molecule has 1 saturated carbocycles. The normalized spacial score (nSPS) is 21.3. The van der Waals surface area contributed by atoms with Crippen molar-refractivity contribution in [1.29, 1.82) is 5.26 Å². The zero-order valence-corrected chi connectivity index (χ0v) is 11.3. The first kappa shape index (κ1) is 12.8. The zero-order chi connectivity index (χ0) is 13.2. The van der Waals surface area contributed by atoms with Gasteiger partial charge in [-0.25, -0.2) is 0 Å². The van der Waals surface area contributed by atoms with Crippen LogP contribution in [0.15, 0.2) is 18.2 Å².